The number of aromatic nitrogens is 3. The van der Waals surface area contributed by atoms with Crippen molar-refractivity contribution in [3.8, 4) is 11.6 Å². The third-order valence-electron chi connectivity index (χ3n) is 6.83. The first-order chi connectivity index (χ1) is 18.5. The van der Waals surface area contributed by atoms with Crippen molar-refractivity contribution in [3.05, 3.63) is 102 Å². The van der Waals surface area contributed by atoms with E-state index in [1.54, 1.807) is 19.5 Å². The monoisotopic (exact) mass is 526 g/mol. The highest BCUT2D eigenvalue weighted by molar-refractivity contribution is 7.80. The van der Waals surface area contributed by atoms with E-state index in [0.29, 0.717) is 23.1 Å². The zero-order valence-corrected chi connectivity index (χ0v) is 22.4. The Morgan fingerprint density at radius 1 is 1.05 bits per heavy atom. The molecule has 194 valence electrons. The summed E-state index contributed by atoms with van der Waals surface area (Å²) in [4.78, 5) is 24.3. The van der Waals surface area contributed by atoms with Gasteiger partial charge in [0, 0.05) is 36.7 Å². The summed E-state index contributed by atoms with van der Waals surface area (Å²) in [6.45, 7) is 4.61. The molecular formula is C29H30N6O2S. The van der Waals surface area contributed by atoms with Crippen molar-refractivity contribution in [1.82, 2.24) is 24.8 Å². The van der Waals surface area contributed by atoms with Crippen molar-refractivity contribution >= 4 is 28.9 Å². The van der Waals surface area contributed by atoms with Crippen molar-refractivity contribution < 1.29 is 9.53 Å². The van der Waals surface area contributed by atoms with Gasteiger partial charge in [0.05, 0.1) is 30.6 Å². The summed E-state index contributed by atoms with van der Waals surface area (Å²) < 4.78 is 7.52. The summed E-state index contributed by atoms with van der Waals surface area (Å²) in [5.74, 6) is 1.37. The number of methoxy groups -OCH3 is 1. The summed E-state index contributed by atoms with van der Waals surface area (Å²) in [6, 6.07) is 21.0. The molecule has 4 aromatic rings. The van der Waals surface area contributed by atoms with Gasteiger partial charge in [0.15, 0.2) is 5.11 Å². The van der Waals surface area contributed by atoms with Gasteiger partial charge >= 0.3 is 0 Å². The molecule has 4 heterocycles. The molecule has 3 aromatic heterocycles. The fourth-order valence-electron chi connectivity index (χ4n) is 5.09. The number of hydrogen-bond acceptors (Lipinski definition) is 5. The number of thiocarbonyl (C=S) groups is 1. The van der Waals surface area contributed by atoms with Gasteiger partial charge in [0.1, 0.15) is 11.6 Å². The van der Waals surface area contributed by atoms with Crippen LogP contribution < -0.4 is 15.4 Å². The molecular weight excluding hydrogens is 496 g/mol. The van der Waals surface area contributed by atoms with Crippen molar-refractivity contribution in [1.29, 1.82) is 0 Å². The summed E-state index contributed by atoms with van der Waals surface area (Å²) in [5, 5.41) is 7.04. The lowest BCUT2D eigenvalue weighted by Gasteiger charge is -2.28. The van der Waals surface area contributed by atoms with Crippen molar-refractivity contribution in [2.24, 2.45) is 0 Å². The van der Waals surface area contributed by atoms with E-state index in [-0.39, 0.29) is 24.4 Å². The van der Waals surface area contributed by atoms with Crippen LogP contribution in [0.1, 0.15) is 41.1 Å². The van der Waals surface area contributed by atoms with Gasteiger partial charge in [0.2, 0.25) is 5.91 Å². The molecule has 2 N–H and O–H groups in total. The highest BCUT2D eigenvalue weighted by Crippen LogP contribution is 2.41. The lowest BCUT2D eigenvalue weighted by atomic mass is 9.96. The van der Waals surface area contributed by atoms with Crippen molar-refractivity contribution in [2.75, 3.05) is 19.0 Å². The molecule has 0 spiro atoms. The molecule has 0 unspecified atom stereocenters. The van der Waals surface area contributed by atoms with E-state index in [2.05, 4.69) is 50.0 Å². The minimum absolute atomic E-state index is 0.115. The predicted molar refractivity (Wildman–Crippen MR) is 151 cm³/mol. The van der Waals surface area contributed by atoms with Gasteiger partial charge in [-0.2, -0.15) is 0 Å². The third-order valence-corrected chi connectivity index (χ3v) is 7.18. The second kappa shape index (κ2) is 11.0. The van der Waals surface area contributed by atoms with Crippen LogP contribution in [0.15, 0.2) is 79.1 Å². The number of benzene rings is 1. The number of para-hydroxylation sites is 2. The van der Waals surface area contributed by atoms with Crippen LogP contribution in [-0.4, -0.2) is 44.1 Å². The van der Waals surface area contributed by atoms with E-state index in [4.69, 9.17) is 17.0 Å². The number of nitrogens with one attached hydrogen (secondary N) is 2. The van der Waals surface area contributed by atoms with Gasteiger partial charge in [0.25, 0.3) is 0 Å². The average molecular weight is 527 g/mol. The molecule has 1 aliphatic rings. The minimum atomic E-state index is -0.168. The molecule has 8 nitrogen and oxygen atoms in total. The van der Waals surface area contributed by atoms with Crippen LogP contribution in [0.4, 0.5) is 5.69 Å². The Morgan fingerprint density at radius 3 is 2.50 bits per heavy atom. The number of pyridine rings is 2. The van der Waals surface area contributed by atoms with Crippen LogP contribution in [0.5, 0.6) is 5.75 Å². The SMILES string of the molecule is COc1ccccc1NC(=O)CCN1C(=S)N[C@H](c2ccccn2)[C@H]1c1cc(C)n(-c2ccccn2)c1C. The average Bonchev–Trinajstić information content (AvgIpc) is 3.42. The van der Waals surface area contributed by atoms with E-state index in [9.17, 15) is 4.79 Å². The zero-order valence-electron chi connectivity index (χ0n) is 21.6. The molecule has 0 radical (unpaired) electrons. The Kier molecular flexibility index (Phi) is 7.37. The molecule has 9 heteroatoms. The lowest BCUT2D eigenvalue weighted by molar-refractivity contribution is -0.116. The number of hydrogen-bond donors (Lipinski definition) is 2. The van der Waals surface area contributed by atoms with E-state index >= 15 is 0 Å². The highest BCUT2D eigenvalue weighted by Gasteiger charge is 2.41. The van der Waals surface area contributed by atoms with E-state index in [1.807, 2.05) is 60.7 Å². The molecule has 38 heavy (non-hydrogen) atoms. The smallest absolute Gasteiger partial charge is 0.226 e. The lowest BCUT2D eigenvalue weighted by Crippen LogP contribution is -2.33. The second-order valence-corrected chi connectivity index (χ2v) is 9.55. The van der Waals surface area contributed by atoms with Crippen LogP contribution in [0, 0.1) is 13.8 Å². The van der Waals surface area contributed by atoms with Crippen LogP contribution >= 0.6 is 12.2 Å². The molecule has 0 aliphatic carbocycles. The number of anilines is 1. The van der Waals surface area contributed by atoms with Gasteiger partial charge in [-0.25, -0.2) is 4.98 Å². The van der Waals surface area contributed by atoms with Gasteiger partial charge < -0.3 is 24.8 Å². The highest BCUT2D eigenvalue weighted by atomic mass is 32.1. The first-order valence-electron chi connectivity index (χ1n) is 12.5. The van der Waals surface area contributed by atoms with Gasteiger partial charge in [-0.15, -0.1) is 0 Å². The second-order valence-electron chi connectivity index (χ2n) is 9.17. The minimum Gasteiger partial charge on any atom is -0.495 e. The largest absolute Gasteiger partial charge is 0.495 e. The van der Waals surface area contributed by atoms with Gasteiger partial charge in [-0.1, -0.05) is 24.3 Å². The maximum atomic E-state index is 13.0. The Balaban J connectivity index is 1.45. The fraction of sp³-hybridized carbons (Fsp3) is 0.241. The maximum Gasteiger partial charge on any atom is 0.226 e. The van der Waals surface area contributed by atoms with Crippen molar-refractivity contribution in [2.45, 2.75) is 32.4 Å². The van der Waals surface area contributed by atoms with E-state index < -0.39 is 0 Å². The first-order valence-corrected chi connectivity index (χ1v) is 12.9. The topological polar surface area (TPSA) is 84.3 Å². The summed E-state index contributed by atoms with van der Waals surface area (Å²) in [7, 11) is 1.59. The Morgan fingerprint density at radius 2 is 1.79 bits per heavy atom. The third kappa shape index (κ3) is 4.97. The number of ether oxygens (including phenoxy) is 1. The number of nitrogens with zero attached hydrogens (tertiary/aromatic N) is 4. The number of carbonyl (C=O) groups excluding carboxylic acids is 1. The van der Waals surface area contributed by atoms with Gasteiger partial charge in [-0.3, -0.25) is 9.78 Å². The Bertz CT molecular complexity index is 1440. The van der Waals surface area contributed by atoms with Crippen LogP contribution in [0.2, 0.25) is 0 Å². The van der Waals surface area contributed by atoms with E-state index in [0.717, 1.165) is 28.5 Å². The number of aryl methyl sites for hydroxylation is 1. The number of amides is 1. The van der Waals surface area contributed by atoms with E-state index in [1.165, 1.54) is 0 Å². The quantitative estimate of drug-likeness (QED) is 0.316. The van der Waals surface area contributed by atoms with Gasteiger partial charge in [-0.05, 0) is 74.1 Å². The maximum absolute atomic E-state index is 13.0. The molecule has 2 atom stereocenters. The first kappa shape index (κ1) is 25.4. The Labute approximate surface area is 227 Å². The summed E-state index contributed by atoms with van der Waals surface area (Å²) >= 11 is 5.81. The van der Waals surface area contributed by atoms with Crippen molar-refractivity contribution in [3.63, 3.8) is 0 Å². The predicted octanol–water partition coefficient (Wildman–Crippen LogP) is 4.89. The normalized spacial score (nSPS) is 16.8. The zero-order chi connectivity index (χ0) is 26.6. The molecule has 1 fully saturated rings. The summed E-state index contributed by atoms with van der Waals surface area (Å²) in [5.41, 5.74) is 4.79. The molecule has 1 amide bonds. The number of rotatable bonds is 8. The molecule has 1 saturated heterocycles. The van der Waals surface area contributed by atoms with Crippen LogP contribution in [0.25, 0.3) is 5.82 Å². The molecule has 5 rings (SSSR count). The van der Waals surface area contributed by atoms with Crippen LogP contribution in [0.3, 0.4) is 0 Å². The standard InChI is InChI=1S/C29H30N6O2S/c1-19-18-21(20(2)35(19)25-13-7-9-16-31-25)28-27(23-11-6-8-15-30-23)33-29(38)34(28)17-14-26(36)32-22-10-4-5-12-24(22)37-3/h4-13,15-16,18,27-28H,14,17H2,1-3H3,(H,32,36)(H,33,38)/t27-,28-/m1/s1. The Hall–Kier alpha value is -4.24. The van der Waals surface area contributed by atoms with Crippen LogP contribution in [-0.2, 0) is 4.79 Å². The molecule has 0 bridgehead atoms. The molecule has 0 saturated carbocycles. The molecule has 1 aromatic carbocycles. The molecule has 1 aliphatic heterocycles. The number of carbonyl (C=O) groups is 1. The summed E-state index contributed by atoms with van der Waals surface area (Å²) in [6.07, 6.45) is 3.84. The fourth-order valence-corrected chi connectivity index (χ4v) is 5.42.